The van der Waals surface area contributed by atoms with Crippen LogP contribution < -0.4 is 10.6 Å². The third kappa shape index (κ3) is 4.51. The van der Waals surface area contributed by atoms with E-state index in [1.807, 2.05) is 13.8 Å². The van der Waals surface area contributed by atoms with Gasteiger partial charge in [0.25, 0.3) is 0 Å². The molecule has 0 aromatic carbocycles. The Morgan fingerprint density at radius 2 is 1.80 bits per heavy atom. The molecule has 3 N–H and O–H groups in total. The molecule has 0 bridgehead atoms. The molecule has 20 heavy (non-hydrogen) atoms. The summed E-state index contributed by atoms with van der Waals surface area (Å²) >= 11 is 0. The highest BCUT2D eigenvalue weighted by atomic mass is 16.4. The van der Waals surface area contributed by atoms with Gasteiger partial charge in [-0.25, -0.2) is 0 Å². The van der Waals surface area contributed by atoms with Gasteiger partial charge in [0.05, 0.1) is 5.92 Å². The molecule has 1 fully saturated rings. The lowest BCUT2D eigenvalue weighted by Crippen LogP contribution is -2.48. The van der Waals surface area contributed by atoms with Crippen LogP contribution in [0.4, 0.5) is 0 Å². The van der Waals surface area contributed by atoms with Gasteiger partial charge < -0.3 is 15.7 Å². The Bertz CT molecular complexity index is 381. The van der Waals surface area contributed by atoms with Crippen molar-refractivity contribution in [3.8, 4) is 0 Å². The van der Waals surface area contributed by atoms with Crippen LogP contribution in [0.2, 0.25) is 0 Å². The third-order valence-electron chi connectivity index (χ3n) is 3.74. The summed E-state index contributed by atoms with van der Waals surface area (Å²) in [4.78, 5) is 34.8. The Morgan fingerprint density at radius 3 is 2.25 bits per heavy atom. The molecule has 1 aliphatic rings. The molecule has 2 amide bonds. The fraction of sp³-hybridized carbons (Fsp3) is 0.786. The Labute approximate surface area is 119 Å². The van der Waals surface area contributed by atoms with Crippen LogP contribution >= 0.6 is 0 Å². The van der Waals surface area contributed by atoms with Gasteiger partial charge in [0.2, 0.25) is 11.8 Å². The largest absolute Gasteiger partial charge is 0.481 e. The van der Waals surface area contributed by atoms with Crippen LogP contribution in [0.5, 0.6) is 0 Å². The third-order valence-corrected chi connectivity index (χ3v) is 3.74. The SMILES string of the molecule is CNC(=O)C(CC(C)C)NC(=O)C1CCC(C(=O)O)C1. The summed E-state index contributed by atoms with van der Waals surface area (Å²) in [5, 5.41) is 14.2. The second-order valence-corrected chi connectivity index (χ2v) is 5.85. The fourth-order valence-corrected chi connectivity index (χ4v) is 2.61. The maximum Gasteiger partial charge on any atom is 0.306 e. The normalized spacial score (nSPS) is 23.4. The molecule has 3 unspecified atom stereocenters. The molecular formula is C14H24N2O4. The van der Waals surface area contributed by atoms with E-state index in [2.05, 4.69) is 10.6 Å². The summed E-state index contributed by atoms with van der Waals surface area (Å²) < 4.78 is 0. The van der Waals surface area contributed by atoms with Gasteiger partial charge in [0.15, 0.2) is 0 Å². The van der Waals surface area contributed by atoms with E-state index in [4.69, 9.17) is 5.11 Å². The molecule has 1 aliphatic carbocycles. The number of carbonyl (C=O) groups is 3. The van der Waals surface area contributed by atoms with E-state index >= 15 is 0 Å². The van der Waals surface area contributed by atoms with Crippen LogP contribution in [-0.4, -0.2) is 36.0 Å². The predicted molar refractivity (Wildman–Crippen MR) is 73.9 cm³/mol. The number of likely N-dealkylation sites (N-methyl/N-ethyl adjacent to an activating group) is 1. The van der Waals surface area contributed by atoms with E-state index in [0.717, 1.165) is 0 Å². The highest BCUT2D eigenvalue weighted by molar-refractivity contribution is 5.88. The molecule has 0 aliphatic heterocycles. The van der Waals surface area contributed by atoms with Gasteiger partial charge >= 0.3 is 5.97 Å². The van der Waals surface area contributed by atoms with Crippen molar-refractivity contribution in [2.45, 2.75) is 45.6 Å². The number of aliphatic carboxylic acids is 1. The molecule has 114 valence electrons. The summed E-state index contributed by atoms with van der Waals surface area (Å²) in [5.74, 6) is -1.70. The number of amides is 2. The number of carboxylic acid groups (broad SMARTS) is 1. The zero-order valence-corrected chi connectivity index (χ0v) is 12.3. The smallest absolute Gasteiger partial charge is 0.306 e. The molecule has 0 saturated heterocycles. The summed E-state index contributed by atoms with van der Waals surface area (Å²) in [6, 6.07) is -0.545. The van der Waals surface area contributed by atoms with Crippen LogP contribution in [0.15, 0.2) is 0 Å². The molecule has 0 radical (unpaired) electrons. The molecule has 6 nitrogen and oxygen atoms in total. The van der Waals surface area contributed by atoms with Gasteiger partial charge in [0.1, 0.15) is 6.04 Å². The first-order valence-electron chi connectivity index (χ1n) is 7.09. The predicted octanol–water partition coefficient (Wildman–Crippen LogP) is 0.764. The van der Waals surface area contributed by atoms with Gasteiger partial charge in [-0.05, 0) is 31.6 Å². The highest BCUT2D eigenvalue weighted by Gasteiger charge is 2.35. The second-order valence-electron chi connectivity index (χ2n) is 5.85. The van der Waals surface area contributed by atoms with Gasteiger partial charge in [-0.2, -0.15) is 0 Å². The van der Waals surface area contributed by atoms with Crippen LogP contribution in [0, 0.1) is 17.8 Å². The van der Waals surface area contributed by atoms with E-state index in [1.165, 1.54) is 7.05 Å². The quantitative estimate of drug-likeness (QED) is 0.671. The molecule has 1 rings (SSSR count). The lowest BCUT2D eigenvalue weighted by atomic mass is 10.0. The minimum atomic E-state index is -0.842. The van der Waals surface area contributed by atoms with E-state index in [0.29, 0.717) is 25.7 Å². The zero-order valence-electron chi connectivity index (χ0n) is 12.3. The Kier molecular flexibility index (Phi) is 5.98. The van der Waals surface area contributed by atoms with Crippen LogP contribution in [0.25, 0.3) is 0 Å². The topological polar surface area (TPSA) is 95.5 Å². The average Bonchev–Trinajstić information content (AvgIpc) is 2.86. The number of carbonyl (C=O) groups excluding carboxylic acids is 2. The van der Waals surface area contributed by atoms with Gasteiger partial charge in [-0.15, -0.1) is 0 Å². The van der Waals surface area contributed by atoms with Crippen molar-refractivity contribution in [1.29, 1.82) is 0 Å². The minimum Gasteiger partial charge on any atom is -0.481 e. The van der Waals surface area contributed by atoms with E-state index in [1.54, 1.807) is 0 Å². The first-order chi connectivity index (χ1) is 9.35. The van der Waals surface area contributed by atoms with Crippen molar-refractivity contribution in [2.75, 3.05) is 7.05 Å². The van der Waals surface area contributed by atoms with Crippen molar-refractivity contribution in [3.63, 3.8) is 0 Å². The lowest BCUT2D eigenvalue weighted by Gasteiger charge is -2.21. The summed E-state index contributed by atoms with van der Waals surface area (Å²) in [6.45, 7) is 3.97. The molecular weight excluding hydrogens is 260 g/mol. The summed E-state index contributed by atoms with van der Waals surface area (Å²) in [5.41, 5.74) is 0. The molecule has 6 heteroatoms. The maximum absolute atomic E-state index is 12.1. The fourth-order valence-electron chi connectivity index (χ4n) is 2.61. The Balaban J connectivity index is 2.58. The molecule has 0 aromatic rings. The Hall–Kier alpha value is -1.59. The molecule has 0 heterocycles. The van der Waals surface area contributed by atoms with Crippen LogP contribution in [0.3, 0.4) is 0 Å². The van der Waals surface area contributed by atoms with Gasteiger partial charge in [-0.3, -0.25) is 14.4 Å². The number of carboxylic acids is 1. The molecule has 0 spiro atoms. The number of rotatable bonds is 6. The maximum atomic E-state index is 12.1. The second kappa shape index (κ2) is 7.26. The summed E-state index contributed by atoms with van der Waals surface area (Å²) in [7, 11) is 1.54. The molecule has 3 atom stereocenters. The molecule has 0 aromatic heterocycles. The first kappa shape index (κ1) is 16.5. The van der Waals surface area contributed by atoms with Crippen molar-refractivity contribution in [2.24, 2.45) is 17.8 Å². The zero-order chi connectivity index (χ0) is 15.3. The number of nitrogens with one attached hydrogen (secondary N) is 2. The summed E-state index contributed by atoms with van der Waals surface area (Å²) in [6.07, 6.45) is 2.04. The van der Waals surface area contributed by atoms with Crippen LogP contribution in [0.1, 0.15) is 39.5 Å². The van der Waals surface area contributed by atoms with Crippen molar-refractivity contribution < 1.29 is 19.5 Å². The van der Waals surface area contributed by atoms with Gasteiger partial charge in [0, 0.05) is 13.0 Å². The number of hydrogen-bond donors (Lipinski definition) is 3. The van der Waals surface area contributed by atoms with E-state index < -0.39 is 17.9 Å². The highest BCUT2D eigenvalue weighted by Crippen LogP contribution is 2.31. The lowest BCUT2D eigenvalue weighted by molar-refractivity contribution is -0.141. The van der Waals surface area contributed by atoms with Crippen LogP contribution in [-0.2, 0) is 14.4 Å². The van der Waals surface area contributed by atoms with E-state index in [9.17, 15) is 14.4 Å². The standard InChI is InChI=1S/C14H24N2O4/c1-8(2)6-11(13(18)15-3)16-12(17)9-4-5-10(7-9)14(19)20/h8-11H,4-7H2,1-3H3,(H,15,18)(H,16,17)(H,19,20). The molecule has 1 saturated carbocycles. The van der Waals surface area contributed by atoms with Gasteiger partial charge in [-0.1, -0.05) is 13.8 Å². The number of hydrogen-bond acceptors (Lipinski definition) is 3. The first-order valence-corrected chi connectivity index (χ1v) is 7.09. The van der Waals surface area contributed by atoms with Crippen molar-refractivity contribution in [3.05, 3.63) is 0 Å². The Morgan fingerprint density at radius 1 is 1.20 bits per heavy atom. The van der Waals surface area contributed by atoms with Crippen molar-refractivity contribution in [1.82, 2.24) is 10.6 Å². The average molecular weight is 284 g/mol. The monoisotopic (exact) mass is 284 g/mol. The van der Waals surface area contributed by atoms with E-state index in [-0.39, 0.29) is 23.7 Å². The minimum absolute atomic E-state index is 0.206. The van der Waals surface area contributed by atoms with Crippen molar-refractivity contribution >= 4 is 17.8 Å².